The molecule has 0 aromatic heterocycles. The molecule has 0 spiro atoms. The summed E-state index contributed by atoms with van der Waals surface area (Å²) < 4.78 is 5.43. The number of rotatable bonds is 5. The van der Waals surface area contributed by atoms with E-state index in [1.807, 2.05) is 0 Å². The van der Waals surface area contributed by atoms with E-state index in [1.54, 1.807) is 38.1 Å². The van der Waals surface area contributed by atoms with Crippen LogP contribution in [0.2, 0.25) is 5.02 Å². The number of amides is 2. The van der Waals surface area contributed by atoms with Crippen LogP contribution in [0.4, 0.5) is 0 Å². The SMILES string of the molecule is CC(C)OC(=O)[C@@H]1[C@@H](c2ccc(Cl)cc2)[C@](C#N)(C(N)=O)[C@@H]2C=CC(C(N)=O)=CN12. The molecule has 1 aromatic rings. The fourth-order valence-corrected chi connectivity index (χ4v) is 4.26. The van der Waals surface area contributed by atoms with Crippen LogP contribution in [0, 0.1) is 16.7 Å². The lowest BCUT2D eigenvalue weighted by Gasteiger charge is -2.32. The summed E-state index contributed by atoms with van der Waals surface area (Å²) in [5.41, 5.74) is 10.00. The molecule has 9 heteroatoms. The maximum Gasteiger partial charge on any atom is 0.329 e. The van der Waals surface area contributed by atoms with Crippen molar-refractivity contribution in [3.05, 3.63) is 58.8 Å². The first kappa shape index (κ1) is 21.4. The highest BCUT2D eigenvalue weighted by Gasteiger charge is 2.65. The predicted octanol–water partition coefficient (Wildman–Crippen LogP) is 1.36. The van der Waals surface area contributed by atoms with E-state index in [9.17, 15) is 19.6 Å². The average molecular weight is 429 g/mol. The zero-order valence-electron chi connectivity index (χ0n) is 16.4. The molecule has 1 aromatic carbocycles. The van der Waals surface area contributed by atoms with Gasteiger partial charge >= 0.3 is 5.97 Å². The van der Waals surface area contributed by atoms with Crippen molar-refractivity contribution in [2.45, 2.75) is 38.0 Å². The number of halogens is 1. The van der Waals surface area contributed by atoms with Gasteiger partial charge < -0.3 is 21.1 Å². The lowest BCUT2D eigenvalue weighted by atomic mass is 9.68. The number of carbonyl (C=O) groups excluding carboxylic acids is 3. The van der Waals surface area contributed by atoms with Crippen LogP contribution in [0.15, 0.2) is 48.2 Å². The van der Waals surface area contributed by atoms with Crippen molar-refractivity contribution in [2.24, 2.45) is 16.9 Å². The predicted molar refractivity (Wildman–Crippen MR) is 108 cm³/mol. The number of nitrogens with zero attached hydrogens (tertiary/aromatic N) is 2. The second kappa shape index (κ2) is 7.84. The molecule has 0 saturated carbocycles. The number of primary amides is 2. The summed E-state index contributed by atoms with van der Waals surface area (Å²) in [6.45, 7) is 3.38. The molecule has 4 atom stereocenters. The van der Waals surface area contributed by atoms with Crippen molar-refractivity contribution < 1.29 is 19.1 Å². The van der Waals surface area contributed by atoms with E-state index in [2.05, 4.69) is 6.07 Å². The summed E-state index contributed by atoms with van der Waals surface area (Å²) in [6.07, 6.45) is 3.87. The molecular formula is C21H21ClN4O4. The molecule has 1 saturated heterocycles. The van der Waals surface area contributed by atoms with Gasteiger partial charge in [-0.3, -0.25) is 9.59 Å². The zero-order chi connectivity index (χ0) is 22.2. The molecule has 0 bridgehead atoms. The van der Waals surface area contributed by atoms with Gasteiger partial charge in [0.1, 0.15) is 6.04 Å². The molecule has 8 nitrogen and oxygen atoms in total. The molecule has 4 N–H and O–H groups in total. The smallest absolute Gasteiger partial charge is 0.329 e. The van der Waals surface area contributed by atoms with Crippen molar-refractivity contribution in [1.29, 1.82) is 5.26 Å². The van der Waals surface area contributed by atoms with E-state index in [1.165, 1.54) is 23.3 Å². The first-order valence-electron chi connectivity index (χ1n) is 9.27. The molecule has 2 aliphatic rings. The minimum Gasteiger partial charge on any atom is -0.461 e. The highest BCUT2D eigenvalue weighted by molar-refractivity contribution is 6.30. The van der Waals surface area contributed by atoms with Crippen LogP contribution in [0.25, 0.3) is 0 Å². The third kappa shape index (κ3) is 3.31. The van der Waals surface area contributed by atoms with E-state index in [4.69, 9.17) is 27.8 Å². The van der Waals surface area contributed by atoms with Crippen LogP contribution >= 0.6 is 11.6 Å². The minimum absolute atomic E-state index is 0.127. The maximum atomic E-state index is 13.1. The Bertz CT molecular complexity index is 995. The van der Waals surface area contributed by atoms with E-state index >= 15 is 0 Å². The van der Waals surface area contributed by atoms with Gasteiger partial charge in [-0.25, -0.2) is 4.79 Å². The van der Waals surface area contributed by atoms with Gasteiger partial charge in [-0.1, -0.05) is 29.8 Å². The highest BCUT2D eigenvalue weighted by Crippen LogP contribution is 2.53. The third-order valence-corrected chi connectivity index (χ3v) is 5.61. The Morgan fingerprint density at radius 3 is 2.37 bits per heavy atom. The molecule has 30 heavy (non-hydrogen) atoms. The third-order valence-electron chi connectivity index (χ3n) is 5.36. The molecule has 2 heterocycles. The highest BCUT2D eigenvalue weighted by atomic mass is 35.5. The Balaban J connectivity index is 2.27. The van der Waals surface area contributed by atoms with Gasteiger partial charge in [-0.2, -0.15) is 5.26 Å². The molecule has 0 radical (unpaired) electrons. The number of fused-ring (bicyclic) bond motifs is 1. The average Bonchev–Trinajstić information content (AvgIpc) is 2.98. The van der Waals surface area contributed by atoms with Crippen molar-refractivity contribution >= 4 is 29.4 Å². The standard InChI is InChI=1S/C21H21ClN4O4/c1-11(2)30-19(28)17-16(12-3-6-14(22)7-4-12)21(10-23,20(25)29)15-8-5-13(18(24)27)9-26(15)17/h3-9,11,15-17H,1-2H3,(H2,24,27)(H2,25,29)/t15-,16+,17-,21+/m0/s1. The summed E-state index contributed by atoms with van der Waals surface area (Å²) in [7, 11) is 0. The second-order valence-electron chi connectivity index (χ2n) is 7.50. The van der Waals surface area contributed by atoms with Gasteiger partial charge in [0.05, 0.1) is 23.8 Å². The minimum atomic E-state index is -1.80. The summed E-state index contributed by atoms with van der Waals surface area (Å²) in [4.78, 5) is 39.1. The van der Waals surface area contributed by atoms with Gasteiger partial charge in [0.2, 0.25) is 11.8 Å². The fraction of sp³-hybridized carbons (Fsp3) is 0.333. The van der Waals surface area contributed by atoms with Crippen LogP contribution in [0.1, 0.15) is 25.3 Å². The van der Waals surface area contributed by atoms with Crippen molar-refractivity contribution in [3.63, 3.8) is 0 Å². The molecule has 0 aliphatic carbocycles. The van der Waals surface area contributed by atoms with Gasteiger partial charge in [-0.05, 0) is 37.6 Å². The number of ether oxygens (including phenoxy) is 1. The summed E-state index contributed by atoms with van der Waals surface area (Å²) in [5.74, 6) is -3.22. The Hall–Kier alpha value is -3.31. The maximum absolute atomic E-state index is 13.1. The largest absolute Gasteiger partial charge is 0.461 e. The monoisotopic (exact) mass is 428 g/mol. The van der Waals surface area contributed by atoms with Crippen molar-refractivity contribution in [2.75, 3.05) is 0 Å². The zero-order valence-corrected chi connectivity index (χ0v) is 17.2. The summed E-state index contributed by atoms with van der Waals surface area (Å²) >= 11 is 6.00. The lowest BCUT2D eigenvalue weighted by molar-refractivity contribution is -0.152. The van der Waals surface area contributed by atoms with Crippen molar-refractivity contribution in [3.8, 4) is 6.07 Å². The fourth-order valence-electron chi connectivity index (χ4n) is 4.13. The van der Waals surface area contributed by atoms with E-state index < -0.39 is 47.3 Å². The summed E-state index contributed by atoms with van der Waals surface area (Å²) in [6, 6.07) is 6.56. The summed E-state index contributed by atoms with van der Waals surface area (Å²) in [5, 5.41) is 10.6. The first-order chi connectivity index (χ1) is 14.1. The number of carbonyl (C=O) groups is 3. The number of nitrogens with two attached hydrogens (primary N) is 2. The number of hydrogen-bond donors (Lipinski definition) is 2. The van der Waals surface area contributed by atoms with E-state index in [-0.39, 0.29) is 5.57 Å². The Labute approximate surface area is 178 Å². The Morgan fingerprint density at radius 2 is 1.87 bits per heavy atom. The molecule has 0 unspecified atom stereocenters. The number of nitriles is 1. The van der Waals surface area contributed by atoms with Gasteiger partial charge in [-0.15, -0.1) is 0 Å². The topological polar surface area (TPSA) is 140 Å². The van der Waals surface area contributed by atoms with Crippen LogP contribution in [-0.2, 0) is 19.1 Å². The quantitative estimate of drug-likeness (QED) is 0.678. The molecule has 2 aliphatic heterocycles. The molecule has 156 valence electrons. The second-order valence-corrected chi connectivity index (χ2v) is 7.94. The molecule has 2 amide bonds. The normalized spacial score (nSPS) is 27.2. The molecule has 1 fully saturated rings. The number of benzene rings is 1. The lowest BCUT2D eigenvalue weighted by Crippen LogP contribution is -2.48. The van der Waals surface area contributed by atoms with Crippen LogP contribution in [-0.4, -0.2) is 40.9 Å². The van der Waals surface area contributed by atoms with Gasteiger partial charge in [0.25, 0.3) is 0 Å². The van der Waals surface area contributed by atoms with Gasteiger partial charge in [0, 0.05) is 17.1 Å². The Morgan fingerprint density at radius 1 is 1.23 bits per heavy atom. The number of hydrogen-bond acceptors (Lipinski definition) is 6. The van der Waals surface area contributed by atoms with Crippen LogP contribution in [0.3, 0.4) is 0 Å². The number of esters is 1. The van der Waals surface area contributed by atoms with E-state index in [0.717, 1.165) is 0 Å². The molecular weight excluding hydrogens is 408 g/mol. The van der Waals surface area contributed by atoms with Crippen LogP contribution < -0.4 is 11.5 Å². The molecule has 3 rings (SSSR count). The first-order valence-corrected chi connectivity index (χ1v) is 9.65. The van der Waals surface area contributed by atoms with Gasteiger partial charge in [0.15, 0.2) is 5.41 Å². The Kier molecular flexibility index (Phi) is 5.59. The van der Waals surface area contributed by atoms with E-state index in [0.29, 0.717) is 10.6 Å². The van der Waals surface area contributed by atoms with Crippen LogP contribution in [0.5, 0.6) is 0 Å². The van der Waals surface area contributed by atoms with Crippen molar-refractivity contribution in [1.82, 2.24) is 4.90 Å².